The van der Waals surface area contributed by atoms with Crippen molar-refractivity contribution in [3.63, 3.8) is 0 Å². The average Bonchev–Trinajstić information content (AvgIpc) is 3.01. The maximum atomic E-state index is 11.0. The van der Waals surface area contributed by atoms with Gasteiger partial charge in [-0.2, -0.15) is 0 Å². The van der Waals surface area contributed by atoms with Crippen LogP contribution in [0.4, 0.5) is 11.5 Å². The summed E-state index contributed by atoms with van der Waals surface area (Å²) in [7, 11) is 0. The average molecular weight is 418 g/mol. The third kappa shape index (κ3) is 3.88. The standard InChI is InChI=1S/C18H16BrN3O2S/c1-3-14-10(2)20-17(15-8-12(19)9-25-15)22-16(14)21-13-6-4-11(5-7-13)18(23)24/h4-9H,3H2,1-2H3,(H,23,24)(H,20,21,22). The van der Waals surface area contributed by atoms with Gasteiger partial charge in [0, 0.05) is 26.8 Å². The van der Waals surface area contributed by atoms with Crippen molar-refractivity contribution >= 4 is 44.7 Å². The summed E-state index contributed by atoms with van der Waals surface area (Å²) >= 11 is 5.04. The van der Waals surface area contributed by atoms with Crippen molar-refractivity contribution in [2.24, 2.45) is 0 Å². The Morgan fingerprint density at radius 3 is 2.56 bits per heavy atom. The van der Waals surface area contributed by atoms with Gasteiger partial charge in [-0.15, -0.1) is 11.3 Å². The fraction of sp³-hybridized carbons (Fsp3) is 0.167. The largest absolute Gasteiger partial charge is 0.478 e. The Kier molecular flexibility index (Phi) is 5.15. The highest BCUT2D eigenvalue weighted by atomic mass is 79.9. The lowest BCUT2D eigenvalue weighted by atomic mass is 10.1. The highest BCUT2D eigenvalue weighted by Crippen LogP contribution is 2.30. The molecule has 2 N–H and O–H groups in total. The zero-order valence-electron chi connectivity index (χ0n) is 13.7. The van der Waals surface area contributed by atoms with Gasteiger partial charge in [-0.1, -0.05) is 6.92 Å². The van der Waals surface area contributed by atoms with E-state index in [1.54, 1.807) is 35.6 Å². The fourth-order valence-electron chi connectivity index (χ4n) is 2.50. The van der Waals surface area contributed by atoms with E-state index in [9.17, 15) is 4.79 Å². The van der Waals surface area contributed by atoms with Crippen LogP contribution in [0, 0.1) is 6.92 Å². The molecule has 0 bridgehead atoms. The van der Waals surface area contributed by atoms with Crippen LogP contribution >= 0.6 is 27.3 Å². The molecule has 0 aliphatic carbocycles. The summed E-state index contributed by atoms with van der Waals surface area (Å²) in [5.74, 6) is 0.483. The van der Waals surface area contributed by atoms with Gasteiger partial charge in [0.05, 0.1) is 10.4 Å². The van der Waals surface area contributed by atoms with Crippen LogP contribution in [0.25, 0.3) is 10.7 Å². The summed E-state index contributed by atoms with van der Waals surface area (Å²) in [6, 6.07) is 8.61. The van der Waals surface area contributed by atoms with E-state index >= 15 is 0 Å². The fourth-order valence-corrected chi connectivity index (χ4v) is 3.86. The number of carbonyl (C=O) groups is 1. The molecule has 5 nitrogen and oxygen atoms in total. The molecule has 0 amide bonds. The van der Waals surface area contributed by atoms with Gasteiger partial charge in [0.2, 0.25) is 0 Å². The SMILES string of the molecule is CCc1c(C)nc(-c2cc(Br)cs2)nc1Nc1ccc(C(=O)O)cc1. The number of rotatable bonds is 5. The summed E-state index contributed by atoms with van der Waals surface area (Å²) < 4.78 is 1.01. The van der Waals surface area contributed by atoms with Crippen LogP contribution in [0.15, 0.2) is 40.2 Å². The van der Waals surface area contributed by atoms with E-state index in [-0.39, 0.29) is 5.56 Å². The lowest BCUT2D eigenvalue weighted by Gasteiger charge is -2.13. The first-order valence-electron chi connectivity index (χ1n) is 7.70. The monoisotopic (exact) mass is 417 g/mol. The summed E-state index contributed by atoms with van der Waals surface area (Å²) in [4.78, 5) is 21.3. The van der Waals surface area contributed by atoms with Crippen LogP contribution in [-0.2, 0) is 6.42 Å². The Labute approximate surface area is 157 Å². The zero-order chi connectivity index (χ0) is 18.0. The Morgan fingerprint density at radius 1 is 1.28 bits per heavy atom. The third-order valence-electron chi connectivity index (χ3n) is 3.75. The molecule has 0 fully saturated rings. The number of aromatic carboxylic acids is 1. The molecular weight excluding hydrogens is 402 g/mol. The molecule has 128 valence electrons. The van der Waals surface area contributed by atoms with Crippen LogP contribution in [0.3, 0.4) is 0 Å². The molecule has 0 saturated heterocycles. The molecule has 0 spiro atoms. The lowest BCUT2D eigenvalue weighted by Crippen LogP contribution is -2.05. The first-order valence-corrected chi connectivity index (χ1v) is 9.37. The minimum atomic E-state index is -0.941. The molecule has 0 unspecified atom stereocenters. The number of halogens is 1. The van der Waals surface area contributed by atoms with Crippen molar-refractivity contribution in [3.8, 4) is 10.7 Å². The van der Waals surface area contributed by atoms with Gasteiger partial charge >= 0.3 is 5.97 Å². The Morgan fingerprint density at radius 2 is 2.00 bits per heavy atom. The van der Waals surface area contributed by atoms with Crippen molar-refractivity contribution < 1.29 is 9.90 Å². The number of hydrogen-bond donors (Lipinski definition) is 2. The van der Waals surface area contributed by atoms with Crippen LogP contribution in [0.2, 0.25) is 0 Å². The van der Waals surface area contributed by atoms with E-state index in [4.69, 9.17) is 10.1 Å². The smallest absolute Gasteiger partial charge is 0.335 e. The number of nitrogens with one attached hydrogen (secondary N) is 1. The topological polar surface area (TPSA) is 75.1 Å². The maximum Gasteiger partial charge on any atom is 0.335 e. The first-order chi connectivity index (χ1) is 12.0. The summed E-state index contributed by atoms with van der Waals surface area (Å²) in [6.45, 7) is 4.04. The number of thiophene rings is 1. The highest BCUT2D eigenvalue weighted by molar-refractivity contribution is 9.10. The number of carboxylic acid groups (broad SMARTS) is 1. The lowest BCUT2D eigenvalue weighted by molar-refractivity contribution is 0.0697. The van der Waals surface area contributed by atoms with Gasteiger partial charge in [0.15, 0.2) is 5.82 Å². The number of hydrogen-bond acceptors (Lipinski definition) is 5. The number of carboxylic acids is 1. The highest BCUT2D eigenvalue weighted by Gasteiger charge is 2.13. The van der Waals surface area contributed by atoms with Gasteiger partial charge in [-0.05, 0) is 59.6 Å². The number of benzene rings is 1. The molecule has 2 heterocycles. The molecule has 3 aromatic rings. The van der Waals surface area contributed by atoms with Crippen molar-refractivity contribution in [1.82, 2.24) is 9.97 Å². The van der Waals surface area contributed by atoms with Gasteiger partial charge in [-0.25, -0.2) is 14.8 Å². The predicted octanol–water partition coefficient (Wildman–Crippen LogP) is 5.28. The quantitative estimate of drug-likeness (QED) is 0.590. The van der Waals surface area contributed by atoms with Gasteiger partial charge in [-0.3, -0.25) is 0 Å². The van der Waals surface area contributed by atoms with Crippen molar-refractivity contribution in [1.29, 1.82) is 0 Å². The first kappa shape index (κ1) is 17.6. The van der Waals surface area contributed by atoms with Crippen molar-refractivity contribution in [2.45, 2.75) is 20.3 Å². The molecule has 0 aliphatic rings. The van der Waals surface area contributed by atoms with Gasteiger partial charge < -0.3 is 10.4 Å². The summed E-state index contributed by atoms with van der Waals surface area (Å²) in [6.07, 6.45) is 0.801. The van der Waals surface area contributed by atoms with Crippen LogP contribution in [0.1, 0.15) is 28.5 Å². The number of aryl methyl sites for hydroxylation is 1. The molecule has 25 heavy (non-hydrogen) atoms. The van der Waals surface area contributed by atoms with E-state index in [0.717, 1.165) is 38.5 Å². The molecule has 7 heteroatoms. The molecule has 2 aromatic heterocycles. The second kappa shape index (κ2) is 7.33. The molecule has 0 aliphatic heterocycles. The van der Waals surface area contributed by atoms with E-state index in [1.165, 1.54) is 0 Å². The van der Waals surface area contributed by atoms with Crippen LogP contribution < -0.4 is 5.32 Å². The van der Waals surface area contributed by atoms with E-state index in [1.807, 2.05) is 18.4 Å². The summed E-state index contributed by atoms with van der Waals surface area (Å²) in [5, 5.41) is 14.3. The minimum Gasteiger partial charge on any atom is -0.478 e. The van der Waals surface area contributed by atoms with E-state index < -0.39 is 5.97 Å². The van der Waals surface area contributed by atoms with Gasteiger partial charge in [0.1, 0.15) is 5.82 Å². The predicted molar refractivity (Wildman–Crippen MR) is 104 cm³/mol. The van der Waals surface area contributed by atoms with E-state index in [0.29, 0.717) is 5.82 Å². The van der Waals surface area contributed by atoms with Crippen LogP contribution in [0.5, 0.6) is 0 Å². The van der Waals surface area contributed by atoms with Gasteiger partial charge in [0.25, 0.3) is 0 Å². The van der Waals surface area contributed by atoms with Crippen molar-refractivity contribution in [3.05, 3.63) is 57.0 Å². The van der Waals surface area contributed by atoms with E-state index in [2.05, 4.69) is 33.2 Å². The van der Waals surface area contributed by atoms with Crippen molar-refractivity contribution in [2.75, 3.05) is 5.32 Å². The second-order valence-electron chi connectivity index (χ2n) is 5.45. The number of nitrogens with zero attached hydrogens (tertiary/aromatic N) is 2. The molecule has 0 atom stereocenters. The normalized spacial score (nSPS) is 10.7. The number of anilines is 2. The second-order valence-corrected chi connectivity index (χ2v) is 7.28. The molecule has 0 radical (unpaired) electrons. The molecule has 3 rings (SSSR count). The Bertz CT molecular complexity index is 923. The van der Waals surface area contributed by atoms with Crippen LogP contribution in [-0.4, -0.2) is 21.0 Å². The molecular formula is C18H16BrN3O2S. The summed E-state index contributed by atoms with van der Waals surface area (Å²) in [5.41, 5.74) is 3.02. The zero-order valence-corrected chi connectivity index (χ0v) is 16.1. The maximum absolute atomic E-state index is 11.0. The third-order valence-corrected chi connectivity index (χ3v) is 5.44. The minimum absolute atomic E-state index is 0.254. The Hall–Kier alpha value is -2.25. The number of aromatic nitrogens is 2. The molecule has 0 saturated carbocycles. The Balaban J connectivity index is 1.98. The molecule has 1 aromatic carbocycles.